The van der Waals surface area contributed by atoms with Crippen LogP contribution in [0.4, 0.5) is 18.3 Å². The van der Waals surface area contributed by atoms with Crippen LogP contribution in [0.2, 0.25) is 0 Å². The largest absolute Gasteiger partial charge is 0.468 e. The molecular formula is C15H11F3N4O2S3. The molecule has 0 spiro atoms. The van der Waals surface area contributed by atoms with E-state index < -0.39 is 18.7 Å². The van der Waals surface area contributed by atoms with Crippen LogP contribution in [0.25, 0.3) is 0 Å². The fraction of sp³-hybridized carbons (Fsp3) is 0.200. The zero-order valence-electron chi connectivity index (χ0n) is 13.4. The van der Waals surface area contributed by atoms with Crippen molar-refractivity contribution in [3.8, 4) is 5.88 Å². The summed E-state index contributed by atoms with van der Waals surface area (Å²) < 4.78 is 41.5. The molecule has 1 amide bonds. The van der Waals surface area contributed by atoms with Crippen LogP contribution >= 0.6 is 34.4 Å². The molecule has 3 aromatic heterocycles. The number of nitrogens with zero attached hydrogens (tertiary/aromatic N) is 3. The Morgan fingerprint density at radius 3 is 2.78 bits per heavy atom. The summed E-state index contributed by atoms with van der Waals surface area (Å²) in [5, 5.41) is 12.8. The van der Waals surface area contributed by atoms with E-state index in [1.54, 1.807) is 11.3 Å². The summed E-state index contributed by atoms with van der Waals surface area (Å²) in [7, 11) is 0. The Kier molecular flexibility index (Phi) is 6.29. The summed E-state index contributed by atoms with van der Waals surface area (Å²) in [6.07, 6.45) is -3.32. The highest BCUT2D eigenvalue weighted by molar-refractivity contribution is 8.00. The first-order valence-corrected chi connectivity index (χ1v) is 10.0. The first kappa shape index (κ1) is 19.6. The van der Waals surface area contributed by atoms with E-state index in [-0.39, 0.29) is 11.4 Å². The van der Waals surface area contributed by atoms with Crippen molar-refractivity contribution in [2.24, 2.45) is 0 Å². The topological polar surface area (TPSA) is 77.0 Å². The molecule has 0 aromatic carbocycles. The minimum absolute atomic E-state index is 0.164. The van der Waals surface area contributed by atoms with Gasteiger partial charge in [-0.25, -0.2) is 4.98 Å². The molecule has 0 radical (unpaired) electrons. The fourth-order valence-corrected chi connectivity index (χ4v) is 4.29. The monoisotopic (exact) mass is 432 g/mol. The summed E-state index contributed by atoms with van der Waals surface area (Å²) in [5.74, 6) is 0.0617. The first-order chi connectivity index (χ1) is 12.9. The van der Waals surface area contributed by atoms with Crippen LogP contribution in [0.5, 0.6) is 5.88 Å². The number of halogens is 3. The highest BCUT2D eigenvalue weighted by atomic mass is 32.2. The molecule has 3 rings (SSSR count). The smallest absolute Gasteiger partial charge is 0.422 e. The van der Waals surface area contributed by atoms with Crippen molar-refractivity contribution in [2.75, 3.05) is 11.9 Å². The fourth-order valence-electron chi connectivity index (χ4n) is 1.77. The third kappa shape index (κ3) is 6.19. The molecule has 6 nitrogen and oxygen atoms in total. The number of amides is 1. The van der Waals surface area contributed by atoms with E-state index in [4.69, 9.17) is 0 Å². The quantitative estimate of drug-likeness (QED) is 0.438. The Morgan fingerprint density at radius 2 is 2.11 bits per heavy atom. The number of thioether (sulfide) groups is 1. The average molecular weight is 432 g/mol. The molecule has 0 atom stereocenters. The van der Waals surface area contributed by atoms with Crippen molar-refractivity contribution in [1.82, 2.24) is 15.2 Å². The predicted molar refractivity (Wildman–Crippen MR) is 97.5 cm³/mol. The number of carbonyl (C=O) groups is 1. The van der Waals surface area contributed by atoms with E-state index in [1.807, 2.05) is 17.5 Å². The van der Waals surface area contributed by atoms with Gasteiger partial charge >= 0.3 is 6.18 Å². The average Bonchev–Trinajstić information content (AvgIpc) is 3.29. The lowest BCUT2D eigenvalue weighted by Crippen LogP contribution is -2.19. The summed E-state index contributed by atoms with van der Waals surface area (Å²) in [6, 6.07) is 6.51. The van der Waals surface area contributed by atoms with Crippen molar-refractivity contribution in [3.63, 3.8) is 0 Å². The van der Waals surface area contributed by atoms with Crippen LogP contribution in [-0.4, -0.2) is 33.9 Å². The maximum Gasteiger partial charge on any atom is 0.422 e. The van der Waals surface area contributed by atoms with Crippen molar-refractivity contribution < 1.29 is 22.7 Å². The molecule has 142 valence electrons. The molecule has 3 aromatic rings. The molecule has 0 bridgehead atoms. The third-order valence-corrected chi connectivity index (χ3v) is 6.01. The van der Waals surface area contributed by atoms with Gasteiger partial charge in [-0.05, 0) is 17.5 Å². The first-order valence-electron chi connectivity index (χ1n) is 7.35. The van der Waals surface area contributed by atoms with Crippen LogP contribution in [0.15, 0.2) is 40.2 Å². The summed E-state index contributed by atoms with van der Waals surface area (Å²) in [5.41, 5.74) is 0.164. The van der Waals surface area contributed by atoms with Gasteiger partial charge in [0.25, 0.3) is 5.91 Å². The van der Waals surface area contributed by atoms with Crippen molar-refractivity contribution in [3.05, 3.63) is 46.3 Å². The van der Waals surface area contributed by atoms with Gasteiger partial charge in [0.05, 0.1) is 5.56 Å². The number of aromatic nitrogens is 3. The number of anilines is 1. The molecule has 0 fully saturated rings. The third-order valence-electron chi connectivity index (χ3n) is 2.93. The SMILES string of the molecule is O=C(Nc1nnc(SCc2cccs2)s1)c1ccc(OCC(F)(F)F)nc1. The number of rotatable bonds is 7. The van der Waals surface area contributed by atoms with E-state index in [0.29, 0.717) is 9.47 Å². The van der Waals surface area contributed by atoms with Gasteiger partial charge in [0, 0.05) is 22.9 Å². The van der Waals surface area contributed by atoms with Crippen molar-refractivity contribution in [1.29, 1.82) is 0 Å². The number of ether oxygens (including phenoxy) is 1. The molecule has 0 unspecified atom stereocenters. The molecule has 0 saturated carbocycles. The Morgan fingerprint density at radius 1 is 1.26 bits per heavy atom. The molecule has 3 heterocycles. The molecule has 0 aliphatic rings. The lowest BCUT2D eigenvalue weighted by atomic mass is 10.3. The maximum absolute atomic E-state index is 12.2. The molecular weight excluding hydrogens is 421 g/mol. The predicted octanol–water partition coefficient (Wildman–Crippen LogP) is 4.48. The van der Waals surface area contributed by atoms with Crippen LogP contribution in [-0.2, 0) is 5.75 Å². The van der Waals surface area contributed by atoms with E-state index in [0.717, 1.165) is 11.9 Å². The van der Waals surface area contributed by atoms with Crippen LogP contribution in [0.3, 0.4) is 0 Å². The summed E-state index contributed by atoms with van der Waals surface area (Å²) in [6.45, 7) is -1.44. The number of nitrogens with one attached hydrogen (secondary N) is 1. The number of thiophene rings is 1. The number of hydrogen-bond acceptors (Lipinski definition) is 8. The van der Waals surface area contributed by atoms with Crippen LogP contribution in [0.1, 0.15) is 15.2 Å². The second-order valence-electron chi connectivity index (χ2n) is 4.98. The van der Waals surface area contributed by atoms with Crippen LogP contribution < -0.4 is 10.1 Å². The molecule has 0 saturated heterocycles. The van der Waals surface area contributed by atoms with Gasteiger partial charge in [-0.3, -0.25) is 10.1 Å². The molecule has 27 heavy (non-hydrogen) atoms. The van der Waals surface area contributed by atoms with Gasteiger partial charge in [0.1, 0.15) is 0 Å². The number of alkyl halides is 3. The molecule has 0 aliphatic heterocycles. The van der Waals surface area contributed by atoms with Gasteiger partial charge in [0.2, 0.25) is 11.0 Å². The number of carbonyl (C=O) groups excluding carboxylic acids is 1. The van der Waals surface area contributed by atoms with Gasteiger partial charge in [-0.1, -0.05) is 29.2 Å². The minimum Gasteiger partial charge on any atom is -0.468 e. The van der Waals surface area contributed by atoms with Gasteiger partial charge < -0.3 is 4.74 Å². The number of pyridine rings is 1. The zero-order chi connectivity index (χ0) is 19.3. The Balaban J connectivity index is 1.52. The van der Waals surface area contributed by atoms with E-state index in [1.165, 1.54) is 40.1 Å². The van der Waals surface area contributed by atoms with Gasteiger partial charge in [0.15, 0.2) is 10.9 Å². The molecule has 1 N–H and O–H groups in total. The highest BCUT2D eigenvalue weighted by Gasteiger charge is 2.28. The highest BCUT2D eigenvalue weighted by Crippen LogP contribution is 2.29. The second kappa shape index (κ2) is 8.67. The van der Waals surface area contributed by atoms with Gasteiger partial charge in [-0.15, -0.1) is 21.5 Å². The molecule has 0 aliphatic carbocycles. The molecule has 12 heteroatoms. The van der Waals surface area contributed by atoms with E-state index in [2.05, 4.69) is 25.2 Å². The van der Waals surface area contributed by atoms with Crippen molar-refractivity contribution in [2.45, 2.75) is 16.3 Å². The number of hydrogen-bond donors (Lipinski definition) is 1. The Bertz CT molecular complexity index is 883. The minimum atomic E-state index is -4.45. The van der Waals surface area contributed by atoms with Crippen LogP contribution in [0, 0.1) is 0 Å². The lowest BCUT2D eigenvalue weighted by molar-refractivity contribution is -0.154. The van der Waals surface area contributed by atoms with Crippen molar-refractivity contribution >= 4 is 45.5 Å². The zero-order valence-corrected chi connectivity index (χ0v) is 15.8. The normalized spacial score (nSPS) is 11.4. The summed E-state index contributed by atoms with van der Waals surface area (Å²) in [4.78, 5) is 17.1. The maximum atomic E-state index is 12.2. The summed E-state index contributed by atoms with van der Waals surface area (Å²) >= 11 is 4.40. The standard InChI is InChI=1S/C15H11F3N4O2S3/c16-15(17,18)8-24-11-4-3-9(6-19-11)12(23)20-13-21-22-14(27-13)26-7-10-2-1-5-25-10/h1-6H,7-8H2,(H,20,21,23). The van der Waals surface area contributed by atoms with E-state index in [9.17, 15) is 18.0 Å². The Hall–Kier alpha value is -2.18. The Labute approximate surface area is 163 Å². The van der Waals surface area contributed by atoms with E-state index >= 15 is 0 Å². The lowest BCUT2D eigenvalue weighted by Gasteiger charge is -2.08. The van der Waals surface area contributed by atoms with Gasteiger partial charge in [-0.2, -0.15) is 13.2 Å². The second-order valence-corrected chi connectivity index (χ2v) is 8.22.